The number of hydrogen-bond acceptors (Lipinski definition) is 0. The molecule has 0 bridgehead atoms. The van der Waals surface area contributed by atoms with Crippen LogP contribution in [0.5, 0.6) is 0 Å². The quantitative estimate of drug-likeness (QED) is 0.311. The molecule has 2 aliphatic carbocycles. The zero-order valence-electron chi connectivity index (χ0n) is 17.0. The van der Waals surface area contributed by atoms with Crippen molar-refractivity contribution < 1.29 is 19.4 Å². The van der Waals surface area contributed by atoms with Crippen molar-refractivity contribution >= 4 is 38.3 Å². The summed E-state index contributed by atoms with van der Waals surface area (Å²) in [5, 5.41) is 0. The maximum Gasteiger partial charge on any atom is -0.0536 e. The van der Waals surface area contributed by atoms with Crippen LogP contribution in [0.4, 0.5) is 0 Å². The van der Waals surface area contributed by atoms with E-state index in [0.29, 0.717) is 0 Å². The SMILES string of the molecule is CC1=CC[C]([Zr]([CH3])([SiH3])[CH]2C=Cc3ccccc32)=C1.CCCCCC.Cl.Cl. The van der Waals surface area contributed by atoms with Gasteiger partial charge in [-0.15, -0.1) is 24.8 Å². The summed E-state index contributed by atoms with van der Waals surface area (Å²) in [4.78, 5) is 0. The second kappa shape index (κ2) is 12.6. The Morgan fingerprint density at radius 3 is 2.23 bits per heavy atom. The van der Waals surface area contributed by atoms with Crippen molar-refractivity contribution in [1.82, 2.24) is 0 Å². The number of allylic oxidation sites excluding steroid dienone is 5. The van der Waals surface area contributed by atoms with E-state index in [1.807, 2.05) is 3.28 Å². The summed E-state index contributed by atoms with van der Waals surface area (Å²) in [5.41, 5.74) is 4.56. The van der Waals surface area contributed by atoms with E-state index in [0.717, 1.165) is 3.63 Å². The molecule has 4 heteroatoms. The van der Waals surface area contributed by atoms with E-state index in [1.165, 1.54) is 50.6 Å². The molecular weight excluding hydrogens is 454 g/mol. The topological polar surface area (TPSA) is 0 Å². The fourth-order valence-corrected chi connectivity index (χ4v) is 16.7. The maximum absolute atomic E-state index is 2.65. The summed E-state index contributed by atoms with van der Waals surface area (Å²) in [6.45, 7) is 6.71. The van der Waals surface area contributed by atoms with Crippen molar-refractivity contribution in [2.75, 3.05) is 0 Å². The van der Waals surface area contributed by atoms with E-state index in [2.05, 4.69) is 74.0 Å². The van der Waals surface area contributed by atoms with E-state index >= 15 is 0 Å². The molecule has 0 aromatic heterocycles. The Morgan fingerprint density at radius 2 is 1.69 bits per heavy atom. The second-order valence-corrected chi connectivity index (χ2v) is 31.6. The number of unbranched alkanes of at least 4 members (excludes halogenated alkanes) is 3. The third-order valence-corrected chi connectivity index (χ3v) is 22.9. The first-order chi connectivity index (χ1) is 11.5. The van der Waals surface area contributed by atoms with Gasteiger partial charge in [0.15, 0.2) is 0 Å². The minimum Gasteiger partial charge on any atom is -0.147 e. The molecule has 0 saturated heterocycles. The fraction of sp³-hybridized carbons (Fsp3) is 0.455. The van der Waals surface area contributed by atoms with Gasteiger partial charge in [-0.3, -0.25) is 0 Å². The molecule has 2 aliphatic rings. The van der Waals surface area contributed by atoms with Gasteiger partial charge in [0, 0.05) is 0 Å². The van der Waals surface area contributed by atoms with Crippen molar-refractivity contribution in [2.45, 2.75) is 61.1 Å². The molecule has 0 aliphatic heterocycles. The molecule has 1 aromatic carbocycles. The number of benzene rings is 1. The first-order valence-corrected chi connectivity index (χ1v) is 23.1. The molecule has 0 radical (unpaired) electrons. The van der Waals surface area contributed by atoms with Crippen molar-refractivity contribution in [1.29, 1.82) is 0 Å². The first-order valence-electron chi connectivity index (χ1n) is 9.65. The summed E-state index contributed by atoms with van der Waals surface area (Å²) in [5.74, 6) is 0. The summed E-state index contributed by atoms with van der Waals surface area (Å²) >= 11 is -2.10. The number of rotatable bonds is 5. The molecule has 0 nitrogen and oxygen atoms in total. The molecule has 1 aromatic rings. The molecule has 3 rings (SSSR count). The molecular formula is C22H36Cl2SiZr. The van der Waals surface area contributed by atoms with Crippen LogP contribution >= 0.6 is 24.8 Å². The van der Waals surface area contributed by atoms with Gasteiger partial charge in [0.2, 0.25) is 0 Å². The van der Waals surface area contributed by atoms with Crippen LogP contribution in [0.25, 0.3) is 6.08 Å². The van der Waals surface area contributed by atoms with Crippen molar-refractivity contribution in [3.63, 3.8) is 0 Å². The second-order valence-electron chi connectivity index (χ2n) is 7.72. The molecule has 0 amide bonds. The summed E-state index contributed by atoms with van der Waals surface area (Å²) in [7, 11) is 1.40. The van der Waals surface area contributed by atoms with Gasteiger partial charge in [0.05, 0.1) is 0 Å². The fourth-order valence-electron chi connectivity index (χ4n) is 3.69. The van der Waals surface area contributed by atoms with Crippen LogP contribution in [-0.4, -0.2) is 7.37 Å². The van der Waals surface area contributed by atoms with E-state index in [9.17, 15) is 0 Å². The molecule has 0 spiro atoms. The Bertz CT molecular complexity index is 643. The zero-order chi connectivity index (χ0) is 17.6. The molecule has 146 valence electrons. The van der Waals surface area contributed by atoms with E-state index < -0.39 is 19.4 Å². The van der Waals surface area contributed by atoms with Crippen LogP contribution < -0.4 is 0 Å². The van der Waals surface area contributed by atoms with Crippen molar-refractivity contribution in [3.8, 4) is 0 Å². The Kier molecular flexibility index (Phi) is 12.6. The van der Waals surface area contributed by atoms with E-state index in [4.69, 9.17) is 0 Å². The number of hydrogen-bond donors (Lipinski definition) is 0. The van der Waals surface area contributed by atoms with Crippen molar-refractivity contribution in [2.24, 2.45) is 0 Å². The van der Waals surface area contributed by atoms with Gasteiger partial charge in [0.25, 0.3) is 0 Å². The monoisotopic (exact) mass is 488 g/mol. The smallest absolute Gasteiger partial charge is 0.0536 e. The van der Waals surface area contributed by atoms with Gasteiger partial charge in [-0.25, -0.2) is 0 Å². The van der Waals surface area contributed by atoms with Gasteiger partial charge in [0.1, 0.15) is 0 Å². The third kappa shape index (κ3) is 6.62. The van der Waals surface area contributed by atoms with E-state index in [1.54, 1.807) is 5.56 Å². The van der Waals surface area contributed by atoms with Crippen LogP contribution in [0.2, 0.25) is 4.63 Å². The van der Waals surface area contributed by atoms with Gasteiger partial charge in [-0.2, -0.15) is 0 Å². The Balaban J connectivity index is 0.000000687. The van der Waals surface area contributed by atoms with Gasteiger partial charge in [-0.1, -0.05) is 39.5 Å². The zero-order valence-corrected chi connectivity index (χ0v) is 23.1. The average Bonchev–Trinajstić information content (AvgIpc) is 3.20. The van der Waals surface area contributed by atoms with Crippen molar-refractivity contribution in [3.05, 3.63) is 62.5 Å². The molecule has 0 N–H and O–H groups in total. The van der Waals surface area contributed by atoms with E-state index in [-0.39, 0.29) is 24.8 Å². The molecule has 2 unspecified atom stereocenters. The van der Waals surface area contributed by atoms with Crippen LogP contribution in [0.3, 0.4) is 0 Å². The van der Waals surface area contributed by atoms with Gasteiger partial charge in [-0.05, 0) is 0 Å². The largest absolute Gasteiger partial charge is 0.147 e. The minimum atomic E-state index is -2.10. The van der Waals surface area contributed by atoms with Crippen LogP contribution in [-0.2, 0) is 19.4 Å². The standard InChI is InChI=1S/C9H7.C6H7.C6H14.CH3.2ClH.H3Si.Zr/c1-2-5-9-7-3-6-8(9)4-1;1-6-4-2-3-5-6;1-3-5-6-4-2;;;;;/h1-7H;4-5H,2H2,1H3;3-6H2,1-2H3;1H3;2*1H;1H3;. The Labute approximate surface area is 180 Å². The van der Waals surface area contributed by atoms with Crippen LogP contribution in [0.1, 0.15) is 67.6 Å². The normalized spacial score (nSPS) is 19.2. The maximum atomic E-state index is 2.65. The number of halogens is 2. The molecule has 0 saturated carbocycles. The number of fused-ring (bicyclic) bond motifs is 1. The van der Waals surface area contributed by atoms with Crippen LogP contribution in [0, 0.1) is 0 Å². The predicted molar refractivity (Wildman–Crippen MR) is 125 cm³/mol. The minimum absolute atomic E-state index is 0. The molecule has 0 heterocycles. The molecule has 0 fully saturated rings. The average molecular weight is 491 g/mol. The molecule has 26 heavy (non-hydrogen) atoms. The summed E-state index contributed by atoms with van der Waals surface area (Å²) < 4.78 is 5.27. The molecule has 2 atom stereocenters. The summed E-state index contributed by atoms with van der Waals surface area (Å²) in [6.07, 6.45) is 16.5. The predicted octanol–water partition coefficient (Wildman–Crippen LogP) is 6.90. The van der Waals surface area contributed by atoms with Gasteiger partial charge < -0.3 is 0 Å². The first kappa shape index (κ1) is 26.1. The summed E-state index contributed by atoms with van der Waals surface area (Å²) in [6, 6.07) is 8.98. The van der Waals surface area contributed by atoms with Gasteiger partial charge >= 0.3 is 117 Å². The third-order valence-electron chi connectivity index (χ3n) is 5.41. The van der Waals surface area contributed by atoms with Crippen LogP contribution in [0.15, 0.2) is 51.3 Å². The Hall–Kier alpha value is 0.120. The Morgan fingerprint density at radius 1 is 1.08 bits per heavy atom.